The summed E-state index contributed by atoms with van der Waals surface area (Å²) >= 11 is 0. The maximum Gasteiger partial charge on any atom is 0.339 e. The molecule has 0 atom stereocenters. The Balaban J connectivity index is 1.80. The summed E-state index contributed by atoms with van der Waals surface area (Å²) in [6.45, 7) is -1.09. The first kappa shape index (κ1) is 21.4. The van der Waals surface area contributed by atoms with Crippen molar-refractivity contribution >= 4 is 21.7 Å². The molecule has 10 heteroatoms. The lowest BCUT2D eigenvalue weighted by atomic mass is 10.1. The number of anilines is 1. The summed E-state index contributed by atoms with van der Waals surface area (Å²) in [5, 5.41) is 8.87. The molecule has 32 heavy (non-hydrogen) atoms. The molecular weight excluding hydrogens is 443 g/mol. The number of nitriles is 1. The summed E-state index contributed by atoms with van der Waals surface area (Å²) in [7, 11) is -4.34. The number of amides is 2. The highest BCUT2D eigenvalue weighted by molar-refractivity contribution is 7.90. The molecule has 0 saturated heterocycles. The van der Waals surface area contributed by atoms with Crippen LogP contribution in [0.1, 0.15) is 16.7 Å². The molecule has 1 aliphatic rings. The zero-order valence-electron chi connectivity index (χ0n) is 16.3. The van der Waals surface area contributed by atoms with Crippen LogP contribution in [0.3, 0.4) is 0 Å². The van der Waals surface area contributed by atoms with Gasteiger partial charge in [0.25, 0.3) is 10.0 Å². The maximum absolute atomic E-state index is 14.2. The molecule has 4 rings (SSSR count). The van der Waals surface area contributed by atoms with E-state index in [-0.39, 0.29) is 21.7 Å². The Morgan fingerprint density at radius 3 is 2.22 bits per heavy atom. The van der Waals surface area contributed by atoms with Crippen LogP contribution in [-0.2, 0) is 23.1 Å². The molecule has 162 valence electrons. The van der Waals surface area contributed by atoms with E-state index in [1.807, 2.05) is 0 Å². The second-order valence-corrected chi connectivity index (χ2v) is 8.81. The average molecular weight is 457 g/mol. The van der Waals surface area contributed by atoms with Crippen molar-refractivity contribution in [3.63, 3.8) is 0 Å². The van der Waals surface area contributed by atoms with Crippen LogP contribution in [0, 0.1) is 28.8 Å². The average Bonchev–Trinajstić information content (AvgIpc) is 2.76. The van der Waals surface area contributed by atoms with E-state index in [1.54, 1.807) is 6.07 Å². The Bertz CT molecular complexity index is 1370. The van der Waals surface area contributed by atoms with E-state index in [9.17, 15) is 26.4 Å². The smallest absolute Gasteiger partial charge is 0.287 e. The third-order valence-corrected chi connectivity index (χ3v) is 6.79. The van der Waals surface area contributed by atoms with Crippen molar-refractivity contribution in [2.45, 2.75) is 18.0 Å². The van der Waals surface area contributed by atoms with Gasteiger partial charge in [0.15, 0.2) is 0 Å². The summed E-state index contributed by atoms with van der Waals surface area (Å²) in [5.74, 6) is -2.63. The third-order valence-electron chi connectivity index (χ3n) is 5.03. The van der Waals surface area contributed by atoms with Gasteiger partial charge in [-0.1, -0.05) is 24.3 Å². The van der Waals surface area contributed by atoms with Gasteiger partial charge in [-0.25, -0.2) is 30.7 Å². The van der Waals surface area contributed by atoms with Gasteiger partial charge in [-0.2, -0.15) is 5.26 Å². The van der Waals surface area contributed by atoms with E-state index >= 15 is 0 Å². The number of fused-ring (bicyclic) bond motifs is 1. The van der Waals surface area contributed by atoms with Gasteiger partial charge in [0.05, 0.1) is 24.3 Å². The van der Waals surface area contributed by atoms with Gasteiger partial charge in [0.2, 0.25) is 0 Å². The molecule has 3 aromatic carbocycles. The van der Waals surface area contributed by atoms with Crippen LogP contribution in [0.5, 0.6) is 0 Å². The van der Waals surface area contributed by atoms with Gasteiger partial charge in [-0.05, 0) is 42.0 Å². The number of carbonyl (C=O) groups is 1. The number of halogens is 3. The Kier molecular flexibility index (Phi) is 5.36. The number of hydrogen-bond donors (Lipinski definition) is 0. The molecule has 0 N–H and O–H groups in total. The van der Waals surface area contributed by atoms with Crippen LogP contribution in [0.4, 0.5) is 23.7 Å². The monoisotopic (exact) mass is 457 g/mol. The topological polar surface area (TPSA) is 81.5 Å². The largest absolute Gasteiger partial charge is 0.339 e. The molecule has 0 radical (unpaired) electrons. The molecular formula is C22H14F3N3O3S. The van der Waals surface area contributed by atoms with Gasteiger partial charge < -0.3 is 0 Å². The summed E-state index contributed by atoms with van der Waals surface area (Å²) in [6, 6.07) is 12.9. The van der Waals surface area contributed by atoms with Crippen molar-refractivity contribution in [2.24, 2.45) is 0 Å². The number of urea groups is 1. The fraction of sp³-hybridized carbons (Fsp3) is 0.0909. The summed E-state index contributed by atoms with van der Waals surface area (Å²) in [5.41, 5.74) is -0.542. The molecule has 6 nitrogen and oxygen atoms in total. The third kappa shape index (κ3) is 3.56. The maximum atomic E-state index is 14.2. The number of para-hydroxylation sites is 1. The van der Waals surface area contributed by atoms with Crippen molar-refractivity contribution in [3.8, 4) is 6.07 Å². The van der Waals surface area contributed by atoms with E-state index in [0.717, 1.165) is 23.1 Å². The molecule has 0 aromatic heterocycles. The van der Waals surface area contributed by atoms with Gasteiger partial charge >= 0.3 is 6.03 Å². The lowest BCUT2D eigenvalue weighted by Crippen LogP contribution is -2.50. The number of benzene rings is 3. The molecule has 1 aliphatic heterocycles. The molecule has 0 aliphatic carbocycles. The van der Waals surface area contributed by atoms with Crippen LogP contribution < -0.4 is 4.90 Å². The van der Waals surface area contributed by atoms with Crippen molar-refractivity contribution in [2.75, 3.05) is 4.90 Å². The predicted molar refractivity (Wildman–Crippen MR) is 108 cm³/mol. The molecule has 0 fully saturated rings. The van der Waals surface area contributed by atoms with Gasteiger partial charge in [0, 0.05) is 5.56 Å². The Hall–Kier alpha value is -3.84. The first-order valence-electron chi connectivity index (χ1n) is 9.28. The number of nitrogens with zero attached hydrogens (tertiary/aromatic N) is 3. The fourth-order valence-electron chi connectivity index (χ4n) is 3.42. The van der Waals surface area contributed by atoms with Crippen LogP contribution in [0.15, 0.2) is 65.6 Å². The first-order valence-corrected chi connectivity index (χ1v) is 10.7. The summed E-state index contributed by atoms with van der Waals surface area (Å²) in [6.07, 6.45) is 0. The summed E-state index contributed by atoms with van der Waals surface area (Å²) < 4.78 is 69.3. The Morgan fingerprint density at radius 1 is 0.875 bits per heavy atom. The number of hydrogen-bond acceptors (Lipinski definition) is 4. The van der Waals surface area contributed by atoms with Crippen LogP contribution in [0.25, 0.3) is 0 Å². The molecule has 1 heterocycles. The predicted octanol–water partition coefficient (Wildman–Crippen LogP) is 4.31. The minimum atomic E-state index is -4.34. The van der Waals surface area contributed by atoms with Crippen molar-refractivity contribution in [1.29, 1.82) is 5.26 Å². The zero-order valence-corrected chi connectivity index (χ0v) is 17.1. The van der Waals surface area contributed by atoms with Crippen LogP contribution >= 0.6 is 0 Å². The highest BCUT2D eigenvalue weighted by atomic mass is 32.2. The molecule has 0 unspecified atom stereocenters. The van der Waals surface area contributed by atoms with E-state index in [1.165, 1.54) is 42.5 Å². The van der Waals surface area contributed by atoms with E-state index < -0.39 is 52.2 Å². The second kappa shape index (κ2) is 8.01. The van der Waals surface area contributed by atoms with Crippen LogP contribution in [0.2, 0.25) is 0 Å². The quantitative estimate of drug-likeness (QED) is 0.585. The second-order valence-electron chi connectivity index (χ2n) is 6.97. The zero-order chi connectivity index (χ0) is 23.0. The van der Waals surface area contributed by atoms with Crippen molar-refractivity contribution in [3.05, 3.63) is 94.8 Å². The number of rotatable bonds is 4. The van der Waals surface area contributed by atoms with E-state index in [2.05, 4.69) is 0 Å². The normalized spacial score (nSPS) is 14.8. The van der Waals surface area contributed by atoms with Crippen molar-refractivity contribution in [1.82, 2.24) is 4.31 Å². The lowest BCUT2D eigenvalue weighted by molar-refractivity contribution is 0.226. The summed E-state index contributed by atoms with van der Waals surface area (Å²) in [4.78, 5) is 14.0. The van der Waals surface area contributed by atoms with Gasteiger partial charge in [-0.3, -0.25) is 4.90 Å². The fourth-order valence-corrected chi connectivity index (χ4v) is 4.97. The highest BCUT2D eigenvalue weighted by Gasteiger charge is 2.41. The minimum absolute atomic E-state index is 0.0255. The highest BCUT2D eigenvalue weighted by Crippen LogP contribution is 2.36. The van der Waals surface area contributed by atoms with Crippen molar-refractivity contribution < 1.29 is 26.4 Å². The molecule has 0 saturated carbocycles. The van der Waals surface area contributed by atoms with E-state index in [4.69, 9.17) is 5.26 Å². The minimum Gasteiger partial charge on any atom is -0.287 e. The van der Waals surface area contributed by atoms with E-state index in [0.29, 0.717) is 4.31 Å². The lowest BCUT2D eigenvalue weighted by Gasteiger charge is -2.36. The van der Waals surface area contributed by atoms with Crippen LogP contribution in [-0.4, -0.2) is 18.8 Å². The standard InChI is InChI=1S/C22H14F3N3O3S/c23-17-4-3-5-18(24)16(17)13-27-20-6-1-2-7-21(20)32(30,31)28(22(27)29)12-14-8-9-15(11-26)19(25)10-14/h1-10H,12-13H2. The Morgan fingerprint density at radius 2 is 1.56 bits per heavy atom. The van der Waals surface area contributed by atoms with Gasteiger partial charge in [0.1, 0.15) is 28.4 Å². The molecule has 2 amide bonds. The number of sulfonamides is 1. The molecule has 0 spiro atoms. The Labute approximate surface area is 181 Å². The van der Waals surface area contributed by atoms with Gasteiger partial charge in [-0.15, -0.1) is 0 Å². The number of carbonyl (C=O) groups excluding carboxylic acids is 1. The molecule has 3 aromatic rings. The molecule has 0 bridgehead atoms. The first-order chi connectivity index (χ1) is 15.2. The SMILES string of the molecule is N#Cc1ccc(CN2C(=O)N(Cc3c(F)cccc3F)c3ccccc3S2(=O)=O)cc1F.